The molecule has 0 aromatic carbocycles. The summed E-state index contributed by atoms with van der Waals surface area (Å²) in [6.07, 6.45) is 11.7. The number of carboxylic acids is 1. The lowest BCUT2D eigenvalue weighted by Gasteiger charge is -2.49. The molecular weight excluding hydrogens is 266 g/mol. The van der Waals surface area contributed by atoms with Crippen LogP contribution >= 0.6 is 0 Å². The Hall–Kier alpha value is -1.49. The van der Waals surface area contributed by atoms with Gasteiger partial charge in [0.15, 0.2) is 0 Å². The van der Waals surface area contributed by atoms with Crippen molar-refractivity contribution in [3.05, 3.63) is 24.3 Å². The quantitative estimate of drug-likeness (QED) is 0.926. The summed E-state index contributed by atoms with van der Waals surface area (Å²) in [5, 5.41) is 9.62. The minimum absolute atomic E-state index is 0.00528. The van der Waals surface area contributed by atoms with Crippen molar-refractivity contribution in [1.29, 1.82) is 0 Å². The second-order valence-electron chi connectivity index (χ2n) is 6.30. The molecular formula is C16H23N3O2. The Morgan fingerprint density at radius 2 is 2.10 bits per heavy atom. The third-order valence-corrected chi connectivity index (χ3v) is 5.17. The third kappa shape index (κ3) is 2.79. The van der Waals surface area contributed by atoms with Crippen molar-refractivity contribution in [3.63, 3.8) is 0 Å². The van der Waals surface area contributed by atoms with Gasteiger partial charge in [-0.3, -0.25) is 19.7 Å². The standard InChI is InChI=1S/C16H23N3O2/c1-11(13-10-17-8-9-18-13)19-14-5-3-2-4-12(14)6-7-15(19)16(20)21/h8-12,14-15H,2-7H2,1H3,(H,20,21). The van der Waals surface area contributed by atoms with Crippen LogP contribution in [-0.2, 0) is 4.79 Å². The highest BCUT2D eigenvalue weighted by atomic mass is 16.4. The maximum Gasteiger partial charge on any atom is 0.320 e. The van der Waals surface area contributed by atoms with Crippen LogP contribution in [0.3, 0.4) is 0 Å². The average Bonchev–Trinajstić information content (AvgIpc) is 2.53. The van der Waals surface area contributed by atoms with E-state index in [0.29, 0.717) is 12.0 Å². The smallest absolute Gasteiger partial charge is 0.320 e. The molecule has 4 unspecified atom stereocenters. The van der Waals surface area contributed by atoms with Gasteiger partial charge in [0.1, 0.15) is 6.04 Å². The molecule has 2 heterocycles. The van der Waals surface area contributed by atoms with Gasteiger partial charge in [0, 0.05) is 24.6 Å². The van der Waals surface area contributed by atoms with Gasteiger partial charge in [-0.15, -0.1) is 0 Å². The van der Waals surface area contributed by atoms with Gasteiger partial charge in [-0.25, -0.2) is 0 Å². The Bertz CT molecular complexity index is 494. The first-order valence-corrected chi connectivity index (χ1v) is 7.94. The van der Waals surface area contributed by atoms with Gasteiger partial charge in [0.2, 0.25) is 0 Å². The highest BCUT2D eigenvalue weighted by molar-refractivity contribution is 5.73. The van der Waals surface area contributed by atoms with Crippen molar-refractivity contribution >= 4 is 5.97 Å². The molecule has 1 aromatic rings. The van der Waals surface area contributed by atoms with Crippen LogP contribution in [0.4, 0.5) is 0 Å². The van der Waals surface area contributed by atoms with E-state index in [0.717, 1.165) is 25.0 Å². The van der Waals surface area contributed by atoms with Crippen molar-refractivity contribution < 1.29 is 9.90 Å². The van der Waals surface area contributed by atoms with E-state index in [1.807, 2.05) is 0 Å². The second-order valence-corrected chi connectivity index (χ2v) is 6.30. The van der Waals surface area contributed by atoms with Crippen molar-refractivity contribution in [2.24, 2.45) is 5.92 Å². The number of likely N-dealkylation sites (tertiary alicyclic amines) is 1. The van der Waals surface area contributed by atoms with E-state index < -0.39 is 5.97 Å². The number of hydrogen-bond donors (Lipinski definition) is 1. The van der Waals surface area contributed by atoms with Gasteiger partial charge in [-0.1, -0.05) is 12.8 Å². The first kappa shape index (κ1) is 14.4. The van der Waals surface area contributed by atoms with Crippen LogP contribution in [0.25, 0.3) is 0 Å². The lowest BCUT2D eigenvalue weighted by atomic mass is 9.75. The molecule has 21 heavy (non-hydrogen) atoms. The van der Waals surface area contributed by atoms with Crippen molar-refractivity contribution in [2.45, 2.75) is 63.6 Å². The van der Waals surface area contributed by atoms with Crippen LogP contribution in [0.5, 0.6) is 0 Å². The summed E-state index contributed by atoms with van der Waals surface area (Å²) in [4.78, 5) is 22.4. The van der Waals surface area contributed by atoms with Gasteiger partial charge < -0.3 is 5.11 Å². The van der Waals surface area contributed by atoms with Gasteiger partial charge >= 0.3 is 5.97 Å². The zero-order valence-corrected chi connectivity index (χ0v) is 12.5. The predicted molar refractivity (Wildman–Crippen MR) is 78.7 cm³/mol. The van der Waals surface area contributed by atoms with Crippen molar-refractivity contribution in [3.8, 4) is 0 Å². The number of carboxylic acid groups (broad SMARTS) is 1. The molecule has 1 aliphatic carbocycles. The number of aromatic nitrogens is 2. The van der Waals surface area contributed by atoms with Gasteiger partial charge in [0.05, 0.1) is 11.7 Å². The molecule has 1 saturated carbocycles. The first-order valence-electron chi connectivity index (χ1n) is 7.94. The van der Waals surface area contributed by atoms with E-state index in [9.17, 15) is 9.90 Å². The molecule has 0 spiro atoms. The Morgan fingerprint density at radius 1 is 1.29 bits per heavy atom. The zero-order valence-electron chi connectivity index (χ0n) is 12.5. The SMILES string of the molecule is CC(c1cnccn1)N1C(C(=O)O)CCC2CCCCC21. The van der Waals surface area contributed by atoms with Crippen LogP contribution in [0.1, 0.15) is 57.2 Å². The molecule has 1 aromatic heterocycles. The number of nitrogens with zero attached hydrogens (tertiary/aromatic N) is 3. The molecule has 114 valence electrons. The van der Waals surface area contributed by atoms with Crippen LogP contribution in [0, 0.1) is 5.92 Å². The molecule has 3 rings (SSSR count). The summed E-state index contributed by atoms with van der Waals surface area (Å²) < 4.78 is 0. The van der Waals surface area contributed by atoms with Gasteiger partial charge in [0.25, 0.3) is 0 Å². The van der Waals surface area contributed by atoms with Crippen LogP contribution in [-0.4, -0.2) is 38.0 Å². The largest absolute Gasteiger partial charge is 0.480 e. The van der Waals surface area contributed by atoms with E-state index in [-0.39, 0.29) is 12.1 Å². The number of carbonyl (C=O) groups is 1. The summed E-state index contributed by atoms with van der Waals surface area (Å²) >= 11 is 0. The normalized spacial score (nSPS) is 31.4. The summed E-state index contributed by atoms with van der Waals surface area (Å²) in [5.74, 6) is -0.0526. The highest BCUT2D eigenvalue weighted by Gasteiger charge is 2.43. The Labute approximate surface area is 125 Å². The molecule has 5 nitrogen and oxygen atoms in total. The Kier molecular flexibility index (Phi) is 4.19. The molecule has 2 aliphatic rings. The number of piperidine rings is 1. The molecule has 0 amide bonds. The van der Waals surface area contributed by atoms with Crippen molar-refractivity contribution in [2.75, 3.05) is 0 Å². The molecule has 0 bridgehead atoms. The lowest BCUT2D eigenvalue weighted by Crippen LogP contribution is -2.55. The van der Waals surface area contributed by atoms with Crippen molar-refractivity contribution in [1.82, 2.24) is 14.9 Å². The maximum atomic E-state index is 11.7. The van der Waals surface area contributed by atoms with E-state index in [1.54, 1.807) is 18.6 Å². The second kappa shape index (κ2) is 6.10. The van der Waals surface area contributed by atoms with Gasteiger partial charge in [-0.05, 0) is 38.5 Å². The first-order chi connectivity index (χ1) is 10.2. The predicted octanol–water partition coefficient (Wildman–Crippen LogP) is 2.65. The fourth-order valence-electron chi connectivity index (χ4n) is 4.16. The Balaban J connectivity index is 1.90. The van der Waals surface area contributed by atoms with E-state index in [1.165, 1.54) is 19.3 Å². The number of fused-ring (bicyclic) bond motifs is 1. The monoisotopic (exact) mass is 289 g/mol. The molecule has 4 atom stereocenters. The molecule has 1 saturated heterocycles. The number of aliphatic carboxylic acids is 1. The van der Waals surface area contributed by atoms with Gasteiger partial charge in [-0.2, -0.15) is 0 Å². The topological polar surface area (TPSA) is 66.3 Å². The summed E-state index contributed by atoms with van der Waals surface area (Å²) in [6.45, 7) is 2.07. The number of rotatable bonds is 3. The molecule has 1 aliphatic heterocycles. The third-order valence-electron chi connectivity index (χ3n) is 5.17. The summed E-state index contributed by atoms with van der Waals surface area (Å²) in [5.41, 5.74) is 0.870. The minimum Gasteiger partial charge on any atom is -0.480 e. The summed E-state index contributed by atoms with van der Waals surface area (Å²) in [6, 6.07) is -0.00216. The fourth-order valence-corrected chi connectivity index (χ4v) is 4.16. The Morgan fingerprint density at radius 3 is 2.81 bits per heavy atom. The van der Waals surface area contributed by atoms with Crippen LogP contribution in [0.15, 0.2) is 18.6 Å². The highest BCUT2D eigenvalue weighted by Crippen LogP contribution is 2.41. The van der Waals surface area contributed by atoms with Crippen LogP contribution < -0.4 is 0 Å². The average molecular weight is 289 g/mol. The minimum atomic E-state index is -0.699. The fraction of sp³-hybridized carbons (Fsp3) is 0.688. The maximum absolute atomic E-state index is 11.7. The van der Waals surface area contributed by atoms with E-state index in [2.05, 4.69) is 21.8 Å². The molecule has 2 fully saturated rings. The molecule has 5 heteroatoms. The molecule has 1 N–H and O–H groups in total. The van der Waals surface area contributed by atoms with Crippen LogP contribution in [0.2, 0.25) is 0 Å². The molecule has 0 radical (unpaired) electrons. The lowest BCUT2D eigenvalue weighted by molar-refractivity contribution is -0.150. The van der Waals surface area contributed by atoms with E-state index in [4.69, 9.17) is 0 Å². The van der Waals surface area contributed by atoms with E-state index >= 15 is 0 Å². The summed E-state index contributed by atoms with van der Waals surface area (Å²) in [7, 11) is 0. The zero-order chi connectivity index (χ0) is 14.8. The number of hydrogen-bond acceptors (Lipinski definition) is 4.